The van der Waals surface area contributed by atoms with Crippen LogP contribution in [0, 0.1) is 138 Å². The SMILES string of the molecule is CCCCCC.CCCCCC.CCCCCC.Cc1c(C)c(C)[c-](C)c1C.Cc1c(C)c(C)[c-](C)c1C.Cc1c(C)c(C)[c-](C)c1C.Cc1c(C)c(C)[c-](C)c1C.[Cl-].[Cl-].[Cl-].[Cl-].[Ti+2].[Ti+2].[Ti+2].[Ti+2].c1ccc(-c2ccccn2)nc1.c1ccc(-c2ccccn2)nc1.c1ccc(-c2ccccn2)nc1.c1ccc(-c2ccccn2)nc1. The molecular formula is C98H134Cl4N8Ti4. The summed E-state index contributed by atoms with van der Waals surface area (Å²) in [6, 6.07) is 46.4. The maximum Gasteiger partial charge on any atom is 2.00 e. The molecule has 0 fully saturated rings. The molecule has 0 atom stereocenters. The number of unbranched alkanes of at least 4 members (excludes halogenated alkanes) is 9. The Morgan fingerprint density at radius 3 is 0.333 bits per heavy atom. The Labute approximate surface area is 777 Å². The Bertz CT molecular complexity index is 3200. The van der Waals surface area contributed by atoms with Crippen LogP contribution in [0.15, 0.2) is 195 Å². The van der Waals surface area contributed by atoms with Crippen LogP contribution < -0.4 is 49.6 Å². The first-order valence-electron chi connectivity index (χ1n) is 38.9. The average Bonchev–Trinajstić information content (AvgIpc) is 1.71. The number of hydrogen-bond donors (Lipinski definition) is 0. The molecule has 0 saturated heterocycles. The molecule has 610 valence electrons. The van der Waals surface area contributed by atoms with Crippen LogP contribution in [0.3, 0.4) is 0 Å². The summed E-state index contributed by atoms with van der Waals surface area (Å²) in [4.78, 5) is 33.5. The van der Waals surface area contributed by atoms with Gasteiger partial charge in [-0.05, 0) is 97.1 Å². The molecule has 0 aliphatic heterocycles. The van der Waals surface area contributed by atoms with Gasteiger partial charge in [0.05, 0.1) is 45.6 Å². The largest absolute Gasteiger partial charge is 2.00 e. The van der Waals surface area contributed by atoms with E-state index in [0.29, 0.717) is 0 Å². The number of nitrogens with zero attached hydrogens (tertiary/aromatic N) is 8. The zero-order chi connectivity index (χ0) is 78.9. The zero-order valence-corrected chi connectivity index (χ0v) is 83.3. The molecule has 12 rings (SSSR count). The van der Waals surface area contributed by atoms with Crippen molar-refractivity contribution < 1.29 is 136 Å². The fraction of sp³-hybridized carbons (Fsp3) is 0.388. The van der Waals surface area contributed by atoms with Crippen LogP contribution in [-0.2, 0) is 86.9 Å². The molecule has 0 radical (unpaired) electrons. The minimum atomic E-state index is 0. The minimum absolute atomic E-state index is 0. The molecule has 114 heavy (non-hydrogen) atoms. The fourth-order valence-electron chi connectivity index (χ4n) is 11.2. The van der Waals surface area contributed by atoms with E-state index in [2.05, 4.69) is 220 Å². The standard InChI is InChI=1S/4C10H8N2.4C10H15.3C6H14.4ClH.4Ti/c4*1-3-7-11-9(5-1)10-6-2-4-8-12-10;4*1-6-7(2)9(4)10(5)8(6)3;3*1-3-5-6-4-2;;;;;;;;/h4*1-8H;4*1-5H3;3*3-6H2,1-2H3;4*1H;;;;/q;;;;4*-1;;;;;;;;4*+2/p-4. The van der Waals surface area contributed by atoms with Crippen molar-refractivity contribution in [3.63, 3.8) is 0 Å². The van der Waals surface area contributed by atoms with Gasteiger partial charge in [0.2, 0.25) is 0 Å². The van der Waals surface area contributed by atoms with Gasteiger partial charge >= 0.3 is 86.9 Å². The van der Waals surface area contributed by atoms with E-state index >= 15 is 0 Å². The monoisotopic (exact) mass is 1750 g/mol. The van der Waals surface area contributed by atoms with Crippen molar-refractivity contribution in [3.05, 3.63) is 306 Å². The molecule has 0 saturated carbocycles. The summed E-state index contributed by atoms with van der Waals surface area (Å²) in [6.45, 7) is 57.4. The van der Waals surface area contributed by atoms with Gasteiger partial charge in [0.15, 0.2) is 0 Å². The maximum absolute atomic E-state index is 4.19. The molecule has 0 aliphatic rings. The van der Waals surface area contributed by atoms with E-state index in [1.54, 1.807) is 49.6 Å². The number of rotatable bonds is 13. The van der Waals surface area contributed by atoms with Crippen molar-refractivity contribution in [2.24, 2.45) is 0 Å². The predicted octanol–water partition coefficient (Wildman–Crippen LogP) is 16.1. The Morgan fingerprint density at radius 2 is 0.281 bits per heavy atom. The maximum atomic E-state index is 4.19. The van der Waals surface area contributed by atoms with Gasteiger partial charge in [0.1, 0.15) is 0 Å². The fourth-order valence-corrected chi connectivity index (χ4v) is 11.2. The zero-order valence-electron chi connectivity index (χ0n) is 74.1. The summed E-state index contributed by atoms with van der Waals surface area (Å²) in [7, 11) is 0. The molecule has 0 aliphatic carbocycles. The van der Waals surface area contributed by atoms with Gasteiger partial charge in [-0.25, -0.2) is 0 Å². The average molecular weight is 1760 g/mol. The quantitative estimate of drug-likeness (QED) is 0.0639. The van der Waals surface area contributed by atoms with Crippen molar-refractivity contribution in [2.75, 3.05) is 0 Å². The second-order valence-corrected chi connectivity index (χ2v) is 27.3. The van der Waals surface area contributed by atoms with Gasteiger partial charge in [-0.3, -0.25) is 39.9 Å². The second kappa shape index (κ2) is 71.7. The molecule has 8 aromatic heterocycles. The Kier molecular flexibility index (Phi) is 76.6. The third-order valence-electron chi connectivity index (χ3n) is 20.5. The Morgan fingerprint density at radius 1 is 0.184 bits per heavy atom. The van der Waals surface area contributed by atoms with E-state index in [1.165, 1.54) is 188 Å². The number of hydrogen-bond acceptors (Lipinski definition) is 8. The molecule has 16 heteroatoms. The van der Waals surface area contributed by atoms with Gasteiger partial charge in [0, 0.05) is 49.6 Å². The first kappa shape index (κ1) is 122. The molecule has 12 aromatic rings. The van der Waals surface area contributed by atoms with Crippen LogP contribution in [0.1, 0.15) is 230 Å². The van der Waals surface area contributed by atoms with E-state index in [0.717, 1.165) is 45.6 Å². The van der Waals surface area contributed by atoms with Crippen LogP contribution in [0.25, 0.3) is 45.6 Å². The van der Waals surface area contributed by atoms with Crippen LogP contribution >= 0.6 is 0 Å². The van der Waals surface area contributed by atoms with Crippen LogP contribution in [0.5, 0.6) is 0 Å². The van der Waals surface area contributed by atoms with E-state index in [1.807, 2.05) is 146 Å². The Hall–Kier alpha value is -5.38. The summed E-state index contributed by atoms with van der Waals surface area (Å²) >= 11 is 0. The minimum Gasteiger partial charge on any atom is -1.00 e. The third-order valence-corrected chi connectivity index (χ3v) is 20.5. The van der Waals surface area contributed by atoms with Gasteiger partial charge in [-0.1, -0.05) is 306 Å². The normalized spacial score (nSPS) is 9.18. The summed E-state index contributed by atoms with van der Waals surface area (Å²) in [5.74, 6) is 0. The molecule has 4 aromatic carbocycles. The van der Waals surface area contributed by atoms with Crippen molar-refractivity contribution in [3.8, 4) is 45.6 Å². The van der Waals surface area contributed by atoms with E-state index in [9.17, 15) is 0 Å². The first-order valence-corrected chi connectivity index (χ1v) is 38.9. The topological polar surface area (TPSA) is 103 Å². The van der Waals surface area contributed by atoms with Crippen molar-refractivity contribution in [1.82, 2.24) is 39.9 Å². The molecule has 8 nitrogen and oxygen atoms in total. The summed E-state index contributed by atoms with van der Waals surface area (Å²) in [5, 5.41) is 0. The van der Waals surface area contributed by atoms with Gasteiger partial charge < -0.3 is 49.6 Å². The number of halogens is 4. The smallest absolute Gasteiger partial charge is 1.00 e. The summed E-state index contributed by atoms with van der Waals surface area (Å²) < 4.78 is 0. The van der Waals surface area contributed by atoms with Crippen LogP contribution in [0.4, 0.5) is 0 Å². The molecule has 0 amide bonds. The van der Waals surface area contributed by atoms with Gasteiger partial charge in [0.25, 0.3) is 0 Å². The van der Waals surface area contributed by atoms with Crippen LogP contribution in [-0.4, -0.2) is 39.9 Å². The first-order chi connectivity index (χ1) is 50.8. The van der Waals surface area contributed by atoms with E-state index < -0.39 is 0 Å². The van der Waals surface area contributed by atoms with Crippen molar-refractivity contribution in [2.45, 2.75) is 257 Å². The van der Waals surface area contributed by atoms with Gasteiger partial charge in [-0.15, -0.1) is 0 Å². The summed E-state index contributed by atoms with van der Waals surface area (Å²) in [5.41, 5.74) is 36.7. The van der Waals surface area contributed by atoms with Crippen molar-refractivity contribution in [1.29, 1.82) is 0 Å². The number of aromatic nitrogens is 8. The second-order valence-electron chi connectivity index (χ2n) is 27.3. The summed E-state index contributed by atoms with van der Waals surface area (Å²) in [6.07, 6.45) is 30.8. The molecule has 0 N–H and O–H groups in total. The van der Waals surface area contributed by atoms with E-state index in [-0.39, 0.29) is 136 Å². The molecule has 0 spiro atoms. The molecule has 8 heterocycles. The van der Waals surface area contributed by atoms with Gasteiger partial charge in [-0.2, -0.15) is 111 Å². The van der Waals surface area contributed by atoms with Crippen LogP contribution in [0.2, 0.25) is 0 Å². The molecule has 0 bridgehead atoms. The molecular weight excluding hydrogens is 1620 g/mol. The Balaban J connectivity index is -0.000000221. The van der Waals surface area contributed by atoms with Crippen molar-refractivity contribution >= 4 is 0 Å². The third kappa shape index (κ3) is 44.4. The predicted molar refractivity (Wildman–Crippen MR) is 462 cm³/mol. The molecule has 0 unspecified atom stereocenters. The number of pyridine rings is 8. The van der Waals surface area contributed by atoms with E-state index in [4.69, 9.17) is 0 Å².